The highest BCUT2D eigenvalue weighted by molar-refractivity contribution is 5.83. The van der Waals surface area contributed by atoms with Crippen LogP contribution in [-0.2, 0) is 4.79 Å². The van der Waals surface area contributed by atoms with Gasteiger partial charge in [-0.05, 0) is 38.8 Å². The Hall–Kier alpha value is -0.370. The number of rotatable bonds is 3. The molecule has 1 heterocycles. The van der Waals surface area contributed by atoms with Crippen LogP contribution in [0.1, 0.15) is 51.4 Å². The summed E-state index contributed by atoms with van der Waals surface area (Å²) in [7, 11) is 0. The second-order valence-electron chi connectivity index (χ2n) is 5.14. The SMILES string of the molecule is O=C(CN1CCCC1)C1CCCCCC1. The standard InChI is InChI=1S/C13H23NO/c15-13(11-14-9-5-6-10-14)12-7-3-1-2-4-8-12/h12H,1-11H2. The molecule has 0 aromatic heterocycles. The third-order valence-corrected chi connectivity index (χ3v) is 3.89. The average molecular weight is 209 g/mol. The van der Waals surface area contributed by atoms with Crippen LogP contribution >= 0.6 is 0 Å². The Morgan fingerprint density at radius 2 is 1.53 bits per heavy atom. The number of hydrogen-bond donors (Lipinski definition) is 0. The second-order valence-corrected chi connectivity index (χ2v) is 5.14. The molecule has 2 rings (SSSR count). The molecule has 1 aliphatic carbocycles. The molecule has 2 fully saturated rings. The van der Waals surface area contributed by atoms with E-state index in [1.165, 1.54) is 38.5 Å². The highest BCUT2D eigenvalue weighted by Crippen LogP contribution is 2.24. The summed E-state index contributed by atoms with van der Waals surface area (Å²) in [5.41, 5.74) is 0. The van der Waals surface area contributed by atoms with Crippen LogP contribution < -0.4 is 0 Å². The number of likely N-dealkylation sites (tertiary alicyclic amines) is 1. The van der Waals surface area contributed by atoms with Crippen LogP contribution in [0.25, 0.3) is 0 Å². The molecule has 0 spiro atoms. The van der Waals surface area contributed by atoms with Gasteiger partial charge in [0.1, 0.15) is 5.78 Å². The zero-order valence-corrected chi connectivity index (χ0v) is 9.71. The number of nitrogens with zero attached hydrogens (tertiary/aromatic N) is 1. The Kier molecular flexibility index (Phi) is 4.18. The molecule has 0 aromatic rings. The van der Waals surface area contributed by atoms with Crippen LogP contribution in [0.5, 0.6) is 0 Å². The van der Waals surface area contributed by atoms with Crippen LogP contribution in [-0.4, -0.2) is 30.3 Å². The van der Waals surface area contributed by atoms with Gasteiger partial charge in [-0.2, -0.15) is 0 Å². The zero-order chi connectivity index (χ0) is 10.5. The van der Waals surface area contributed by atoms with E-state index in [9.17, 15) is 4.79 Å². The van der Waals surface area contributed by atoms with Crippen molar-refractivity contribution in [2.45, 2.75) is 51.4 Å². The Balaban J connectivity index is 1.77. The molecule has 2 heteroatoms. The number of carbonyl (C=O) groups excluding carboxylic acids is 1. The van der Waals surface area contributed by atoms with Crippen molar-refractivity contribution in [3.8, 4) is 0 Å². The summed E-state index contributed by atoms with van der Waals surface area (Å²) in [4.78, 5) is 14.4. The lowest BCUT2D eigenvalue weighted by molar-refractivity contribution is -0.124. The lowest BCUT2D eigenvalue weighted by Crippen LogP contribution is -2.31. The van der Waals surface area contributed by atoms with Crippen molar-refractivity contribution in [1.29, 1.82) is 0 Å². The first-order chi connectivity index (χ1) is 7.36. The summed E-state index contributed by atoms with van der Waals surface area (Å²) < 4.78 is 0. The molecule has 0 N–H and O–H groups in total. The van der Waals surface area contributed by atoms with Gasteiger partial charge in [0.2, 0.25) is 0 Å². The number of carbonyl (C=O) groups is 1. The molecular formula is C13H23NO. The predicted octanol–water partition coefficient (Wildman–Crippen LogP) is 2.62. The second kappa shape index (κ2) is 5.64. The van der Waals surface area contributed by atoms with Gasteiger partial charge in [0.25, 0.3) is 0 Å². The molecular weight excluding hydrogens is 186 g/mol. The summed E-state index contributed by atoms with van der Waals surface area (Å²) >= 11 is 0. The van der Waals surface area contributed by atoms with Gasteiger partial charge in [0.05, 0.1) is 6.54 Å². The van der Waals surface area contributed by atoms with E-state index in [1.807, 2.05) is 0 Å². The van der Waals surface area contributed by atoms with E-state index in [0.717, 1.165) is 32.5 Å². The molecule has 0 amide bonds. The minimum absolute atomic E-state index is 0.396. The average Bonchev–Trinajstić information content (AvgIpc) is 2.58. The van der Waals surface area contributed by atoms with Crippen molar-refractivity contribution in [2.24, 2.45) is 5.92 Å². The fraction of sp³-hybridized carbons (Fsp3) is 0.923. The van der Waals surface area contributed by atoms with E-state index in [1.54, 1.807) is 0 Å². The minimum atomic E-state index is 0.396. The first-order valence-electron chi connectivity index (χ1n) is 6.61. The first-order valence-corrected chi connectivity index (χ1v) is 6.61. The molecule has 1 saturated carbocycles. The Labute approximate surface area is 93.0 Å². The molecule has 1 saturated heterocycles. The van der Waals surface area contributed by atoms with Crippen LogP contribution in [0, 0.1) is 5.92 Å². The quantitative estimate of drug-likeness (QED) is 0.666. The summed E-state index contributed by atoms with van der Waals surface area (Å²) in [6.07, 6.45) is 10.1. The summed E-state index contributed by atoms with van der Waals surface area (Å²) in [6.45, 7) is 3.04. The highest BCUT2D eigenvalue weighted by atomic mass is 16.1. The van der Waals surface area contributed by atoms with Crippen molar-refractivity contribution in [3.05, 3.63) is 0 Å². The van der Waals surface area contributed by atoms with Crippen molar-refractivity contribution in [2.75, 3.05) is 19.6 Å². The van der Waals surface area contributed by atoms with Gasteiger partial charge in [0.15, 0.2) is 0 Å². The van der Waals surface area contributed by atoms with Gasteiger partial charge < -0.3 is 0 Å². The third-order valence-electron chi connectivity index (χ3n) is 3.89. The third kappa shape index (κ3) is 3.30. The Morgan fingerprint density at radius 3 is 2.13 bits per heavy atom. The Morgan fingerprint density at radius 1 is 0.933 bits per heavy atom. The van der Waals surface area contributed by atoms with E-state index in [0.29, 0.717) is 11.7 Å². The maximum Gasteiger partial charge on any atom is 0.149 e. The van der Waals surface area contributed by atoms with Gasteiger partial charge in [-0.15, -0.1) is 0 Å². The summed E-state index contributed by atoms with van der Waals surface area (Å²) in [6, 6.07) is 0. The van der Waals surface area contributed by atoms with Gasteiger partial charge in [0, 0.05) is 5.92 Å². The normalized spacial score (nSPS) is 25.3. The smallest absolute Gasteiger partial charge is 0.149 e. The molecule has 0 bridgehead atoms. The number of ketones is 1. The molecule has 2 aliphatic rings. The van der Waals surface area contributed by atoms with Crippen molar-refractivity contribution in [1.82, 2.24) is 4.90 Å². The topological polar surface area (TPSA) is 20.3 Å². The lowest BCUT2D eigenvalue weighted by Gasteiger charge is -2.18. The van der Waals surface area contributed by atoms with Gasteiger partial charge in [-0.3, -0.25) is 9.69 Å². The first kappa shape index (κ1) is 11.1. The van der Waals surface area contributed by atoms with Gasteiger partial charge >= 0.3 is 0 Å². The van der Waals surface area contributed by atoms with E-state index in [4.69, 9.17) is 0 Å². The molecule has 1 aliphatic heterocycles. The number of hydrogen-bond acceptors (Lipinski definition) is 2. The highest BCUT2D eigenvalue weighted by Gasteiger charge is 2.23. The van der Waals surface area contributed by atoms with Crippen LogP contribution in [0.2, 0.25) is 0 Å². The lowest BCUT2D eigenvalue weighted by atomic mass is 9.95. The fourth-order valence-electron chi connectivity index (χ4n) is 2.89. The van der Waals surface area contributed by atoms with Gasteiger partial charge in [-0.1, -0.05) is 25.7 Å². The molecule has 0 atom stereocenters. The van der Waals surface area contributed by atoms with Crippen LogP contribution in [0.15, 0.2) is 0 Å². The van der Waals surface area contributed by atoms with E-state index >= 15 is 0 Å². The predicted molar refractivity (Wildman–Crippen MR) is 61.9 cm³/mol. The maximum atomic E-state index is 12.1. The molecule has 2 nitrogen and oxygen atoms in total. The van der Waals surface area contributed by atoms with Gasteiger partial charge in [-0.25, -0.2) is 0 Å². The summed E-state index contributed by atoms with van der Waals surface area (Å²) in [5, 5.41) is 0. The monoisotopic (exact) mass is 209 g/mol. The molecule has 0 unspecified atom stereocenters. The minimum Gasteiger partial charge on any atom is -0.298 e. The van der Waals surface area contributed by atoms with E-state index in [2.05, 4.69) is 4.90 Å². The van der Waals surface area contributed by atoms with Crippen LogP contribution in [0.4, 0.5) is 0 Å². The fourth-order valence-corrected chi connectivity index (χ4v) is 2.89. The van der Waals surface area contributed by atoms with E-state index in [-0.39, 0.29) is 0 Å². The Bertz CT molecular complexity index is 201. The van der Waals surface area contributed by atoms with Crippen LogP contribution in [0.3, 0.4) is 0 Å². The summed E-state index contributed by atoms with van der Waals surface area (Å²) in [5.74, 6) is 0.923. The molecule has 86 valence electrons. The molecule has 0 radical (unpaired) electrons. The van der Waals surface area contributed by atoms with Crippen molar-refractivity contribution >= 4 is 5.78 Å². The zero-order valence-electron chi connectivity index (χ0n) is 9.71. The maximum absolute atomic E-state index is 12.1. The molecule has 0 aromatic carbocycles. The number of Topliss-reactive ketones (excluding diaryl/α,β-unsaturated/α-hetero) is 1. The van der Waals surface area contributed by atoms with E-state index < -0.39 is 0 Å². The van der Waals surface area contributed by atoms with Crippen molar-refractivity contribution < 1.29 is 4.79 Å². The largest absolute Gasteiger partial charge is 0.298 e. The molecule has 15 heavy (non-hydrogen) atoms. The van der Waals surface area contributed by atoms with Crippen molar-refractivity contribution in [3.63, 3.8) is 0 Å².